The Kier molecular flexibility index (Phi) is 6.21. The van der Waals surface area contributed by atoms with Crippen LogP contribution in [0.1, 0.15) is 37.7 Å². The van der Waals surface area contributed by atoms with Gasteiger partial charge in [0.25, 0.3) is 0 Å². The summed E-state index contributed by atoms with van der Waals surface area (Å²) in [5.74, 6) is -0.502. The monoisotopic (exact) mass is 256 g/mol. The van der Waals surface area contributed by atoms with E-state index in [0.717, 1.165) is 13.0 Å². The highest BCUT2D eigenvalue weighted by Crippen LogP contribution is 2.11. The van der Waals surface area contributed by atoms with Crippen molar-refractivity contribution in [2.45, 2.75) is 33.2 Å². The van der Waals surface area contributed by atoms with Gasteiger partial charge in [-0.25, -0.2) is 4.79 Å². The molecule has 0 aromatic carbocycles. The third-order valence-corrected chi connectivity index (χ3v) is 2.07. The van der Waals surface area contributed by atoms with E-state index in [1.165, 1.54) is 6.26 Å². The second-order valence-electron chi connectivity index (χ2n) is 4.03. The molecule has 0 aliphatic rings. The van der Waals surface area contributed by atoms with Crippen LogP contribution in [0.5, 0.6) is 6.08 Å². The Labute approximate surface area is 107 Å². The minimum atomic E-state index is -0.502. The van der Waals surface area contributed by atoms with Crippen LogP contribution in [0.3, 0.4) is 0 Å². The van der Waals surface area contributed by atoms with E-state index in [1.54, 1.807) is 6.92 Å². The molecule has 0 fully saturated rings. The molecule has 6 nitrogen and oxygen atoms in total. The van der Waals surface area contributed by atoms with E-state index in [9.17, 15) is 4.79 Å². The molecule has 1 aromatic rings. The van der Waals surface area contributed by atoms with Crippen molar-refractivity contribution < 1.29 is 18.7 Å². The van der Waals surface area contributed by atoms with Crippen molar-refractivity contribution in [1.82, 2.24) is 10.3 Å². The summed E-state index contributed by atoms with van der Waals surface area (Å²) < 4.78 is 15.1. The van der Waals surface area contributed by atoms with Gasteiger partial charge >= 0.3 is 12.0 Å². The van der Waals surface area contributed by atoms with Gasteiger partial charge in [0.15, 0.2) is 5.69 Å². The summed E-state index contributed by atoms with van der Waals surface area (Å²) in [7, 11) is 0. The fourth-order valence-electron chi connectivity index (χ4n) is 1.24. The van der Waals surface area contributed by atoms with Crippen LogP contribution in [-0.4, -0.2) is 36.8 Å². The Morgan fingerprint density at radius 3 is 3.00 bits per heavy atom. The number of aromatic nitrogens is 1. The molecular weight excluding hydrogens is 236 g/mol. The van der Waals surface area contributed by atoms with Gasteiger partial charge in [-0.1, -0.05) is 13.8 Å². The van der Waals surface area contributed by atoms with Crippen LogP contribution in [-0.2, 0) is 4.74 Å². The summed E-state index contributed by atoms with van der Waals surface area (Å²) in [6, 6.07) is 0.460. The SMILES string of the molecule is CCOC(=O)c1coc(OCCCNC(C)C)n1. The molecule has 0 saturated carbocycles. The smallest absolute Gasteiger partial charge is 0.394 e. The van der Waals surface area contributed by atoms with Crippen molar-refractivity contribution in [2.75, 3.05) is 19.8 Å². The Morgan fingerprint density at radius 2 is 2.33 bits per heavy atom. The molecule has 0 aliphatic carbocycles. The maximum atomic E-state index is 11.3. The number of carbonyl (C=O) groups excluding carboxylic acids is 1. The van der Waals surface area contributed by atoms with Crippen molar-refractivity contribution in [3.8, 4) is 6.08 Å². The first-order valence-electron chi connectivity index (χ1n) is 6.12. The summed E-state index contributed by atoms with van der Waals surface area (Å²) in [6.45, 7) is 7.56. The van der Waals surface area contributed by atoms with Crippen molar-refractivity contribution in [1.29, 1.82) is 0 Å². The van der Waals surface area contributed by atoms with Crippen molar-refractivity contribution >= 4 is 5.97 Å². The molecule has 0 radical (unpaired) electrons. The number of esters is 1. The van der Waals surface area contributed by atoms with E-state index >= 15 is 0 Å². The average Bonchev–Trinajstić information content (AvgIpc) is 2.77. The molecule has 0 unspecified atom stereocenters. The van der Waals surface area contributed by atoms with Gasteiger partial charge in [-0.3, -0.25) is 0 Å². The molecule has 0 saturated heterocycles. The molecule has 6 heteroatoms. The third kappa shape index (κ3) is 5.18. The molecule has 1 heterocycles. The van der Waals surface area contributed by atoms with Gasteiger partial charge in [-0.2, -0.15) is 4.98 Å². The zero-order valence-corrected chi connectivity index (χ0v) is 11.1. The van der Waals surface area contributed by atoms with Gasteiger partial charge in [-0.05, 0) is 19.9 Å². The molecule has 1 aromatic heterocycles. The van der Waals surface area contributed by atoms with Gasteiger partial charge in [0.1, 0.15) is 6.26 Å². The first-order chi connectivity index (χ1) is 8.63. The number of nitrogens with one attached hydrogen (secondary N) is 1. The zero-order valence-electron chi connectivity index (χ0n) is 11.1. The van der Waals surface area contributed by atoms with E-state index in [1.807, 2.05) is 0 Å². The maximum absolute atomic E-state index is 11.3. The number of hydrogen-bond donors (Lipinski definition) is 1. The number of hydrogen-bond acceptors (Lipinski definition) is 6. The van der Waals surface area contributed by atoms with E-state index in [0.29, 0.717) is 19.3 Å². The molecule has 18 heavy (non-hydrogen) atoms. The molecular formula is C12H20N2O4. The van der Waals surface area contributed by atoms with Crippen LogP contribution in [0.15, 0.2) is 10.7 Å². The van der Waals surface area contributed by atoms with Gasteiger partial charge in [0.2, 0.25) is 0 Å². The quantitative estimate of drug-likeness (QED) is 0.563. The lowest BCUT2D eigenvalue weighted by atomic mass is 10.3. The van der Waals surface area contributed by atoms with E-state index < -0.39 is 5.97 Å². The summed E-state index contributed by atoms with van der Waals surface area (Å²) in [5, 5.41) is 3.27. The van der Waals surface area contributed by atoms with Gasteiger partial charge in [-0.15, -0.1) is 0 Å². The largest absolute Gasteiger partial charge is 0.461 e. The number of nitrogens with zero attached hydrogens (tertiary/aromatic N) is 1. The lowest BCUT2D eigenvalue weighted by molar-refractivity contribution is 0.0519. The Hall–Kier alpha value is -1.56. The van der Waals surface area contributed by atoms with E-state index in [4.69, 9.17) is 13.9 Å². The van der Waals surface area contributed by atoms with Crippen LogP contribution < -0.4 is 10.1 Å². The molecule has 0 bridgehead atoms. The zero-order chi connectivity index (χ0) is 13.4. The topological polar surface area (TPSA) is 73.6 Å². The first-order valence-corrected chi connectivity index (χ1v) is 6.12. The highest BCUT2D eigenvalue weighted by molar-refractivity contribution is 5.86. The second kappa shape index (κ2) is 7.71. The van der Waals surface area contributed by atoms with E-state index in [2.05, 4.69) is 24.1 Å². The molecule has 1 N–H and O–H groups in total. The van der Waals surface area contributed by atoms with Crippen LogP contribution in [0.4, 0.5) is 0 Å². The summed E-state index contributed by atoms with van der Waals surface area (Å²) in [6.07, 6.45) is 2.18. The number of ether oxygens (including phenoxy) is 2. The Morgan fingerprint density at radius 1 is 1.56 bits per heavy atom. The summed E-state index contributed by atoms with van der Waals surface area (Å²) in [5.41, 5.74) is 0.132. The second-order valence-corrected chi connectivity index (χ2v) is 4.03. The minimum Gasteiger partial charge on any atom is -0.461 e. The van der Waals surface area contributed by atoms with Crippen LogP contribution in [0, 0.1) is 0 Å². The first kappa shape index (κ1) is 14.5. The number of oxazole rings is 1. The van der Waals surface area contributed by atoms with E-state index in [-0.39, 0.29) is 11.8 Å². The summed E-state index contributed by atoms with van der Waals surface area (Å²) in [4.78, 5) is 15.2. The van der Waals surface area contributed by atoms with Crippen LogP contribution in [0.2, 0.25) is 0 Å². The molecule has 0 atom stereocenters. The number of carbonyl (C=O) groups is 1. The van der Waals surface area contributed by atoms with Crippen molar-refractivity contribution in [3.05, 3.63) is 12.0 Å². The van der Waals surface area contributed by atoms with Crippen molar-refractivity contribution in [2.24, 2.45) is 0 Å². The van der Waals surface area contributed by atoms with Gasteiger partial charge < -0.3 is 19.2 Å². The highest BCUT2D eigenvalue weighted by atomic mass is 16.6. The fourth-order valence-corrected chi connectivity index (χ4v) is 1.24. The van der Waals surface area contributed by atoms with Crippen molar-refractivity contribution in [3.63, 3.8) is 0 Å². The predicted octanol–water partition coefficient (Wildman–Crippen LogP) is 1.62. The minimum absolute atomic E-state index is 0.0996. The molecule has 0 spiro atoms. The Bertz CT molecular complexity index is 363. The standard InChI is InChI=1S/C12H20N2O4/c1-4-16-11(15)10-8-18-12(14-10)17-7-5-6-13-9(2)3/h8-9,13H,4-7H2,1-3H3. The van der Waals surface area contributed by atoms with Crippen LogP contribution >= 0.6 is 0 Å². The lowest BCUT2D eigenvalue weighted by Gasteiger charge is -2.06. The molecule has 0 aliphatic heterocycles. The number of rotatable bonds is 8. The normalized spacial score (nSPS) is 10.7. The Balaban J connectivity index is 2.25. The average molecular weight is 256 g/mol. The third-order valence-electron chi connectivity index (χ3n) is 2.07. The molecule has 1 rings (SSSR count). The predicted molar refractivity (Wildman–Crippen MR) is 65.7 cm³/mol. The van der Waals surface area contributed by atoms with Crippen LogP contribution in [0.25, 0.3) is 0 Å². The fraction of sp³-hybridized carbons (Fsp3) is 0.667. The van der Waals surface area contributed by atoms with Gasteiger partial charge in [0, 0.05) is 6.04 Å². The summed E-state index contributed by atoms with van der Waals surface area (Å²) >= 11 is 0. The highest BCUT2D eigenvalue weighted by Gasteiger charge is 2.13. The van der Waals surface area contributed by atoms with Gasteiger partial charge in [0.05, 0.1) is 13.2 Å². The maximum Gasteiger partial charge on any atom is 0.394 e. The lowest BCUT2D eigenvalue weighted by Crippen LogP contribution is -2.24. The molecule has 0 amide bonds. The molecule has 102 valence electrons.